The van der Waals surface area contributed by atoms with Gasteiger partial charge in [0.15, 0.2) is 0 Å². The van der Waals surface area contributed by atoms with E-state index >= 15 is 0 Å². The van der Waals surface area contributed by atoms with Crippen LogP contribution in [-0.4, -0.2) is 17.6 Å². The summed E-state index contributed by atoms with van der Waals surface area (Å²) in [5.74, 6) is 0.782. The number of nitrogens with one attached hydrogen (secondary N) is 1. The topological polar surface area (TPSA) is 15.3 Å². The second-order valence-corrected chi connectivity index (χ2v) is 3.39. The Balaban J connectivity index is 2.27. The van der Waals surface area contributed by atoms with Gasteiger partial charge in [-0.25, -0.2) is 5.01 Å². The minimum atomic E-state index is 0.559. The van der Waals surface area contributed by atoms with E-state index in [4.69, 9.17) is 0 Å². The molecule has 0 aromatic carbocycles. The average Bonchev–Trinajstić information content (AvgIpc) is 2.37. The van der Waals surface area contributed by atoms with Gasteiger partial charge in [-0.15, -0.1) is 0 Å². The maximum Gasteiger partial charge on any atom is 0.0460 e. The van der Waals surface area contributed by atoms with Crippen molar-refractivity contribution in [3.8, 4) is 0 Å². The predicted molar refractivity (Wildman–Crippen MR) is 47.9 cm³/mol. The maximum atomic E-state index is 3.22. The lowest BCUT2D eigenvalue weighted by atomic mass is 10.1. The molecule has 0 saturated carbocycles. The Morgan fingerprint density at radius 2 is 2.36 bits per heavy atom. The van der Waals surface area contributed by atoms with Crippen molar-refractivity contribution in [2.45, 2.75) is 33.2 Å². The van der Waals surface area contributed by atoms with Crippen LogP contribution in [0.4, 0.5) is 0 Å². The predicted octanol–water partition coefficient (Wildman–Crippen LogP) is 1.75. The molecular weight excluding hydrogens is 136 g/mol. The number of hydrogen-bond donors (Lipinski definition) is 1. The molecule has 2 heteroatoms. The number of hydrazine groups is 1. The average molecular weight is 154 g/mol. The van der Waals surface area contributed by atoms with Crippen LogP contribution in [0.25, 0.3) is 0 Å². The van der Waals surface area contributed by atoms with Crippen LogP contribution in [0.1, 0.15) is 27.2 Å². The molecule has 2 nitrogen and oxygen atoms in total. The molecule has 0 aromatic heterocycles. The van der Waals surface area contributed by atoms with E-state index in [1.54, 1.807) is 0 Å². The quantitative estimate of drug-likeness (QED) is 0.666. The van der Waals surface area contributed by atoms with E-state index in [9.17, 15) is 0 Å². The maximum absolute atomic E-state index is 3.22. The van der Waals surface area contributed by atoms with Crippen molar-refractivity contribution < 1.29 is 0 Å². The molecule has 64 valence electrons. The van der Waals surface area contributed by atoms with Crippen molar-refractivity contribution in [3.63, 3.8) is 0 Å². The second kappa shape index (κ2) is 3.77. The summed E-state index contributed by atoms with van der Waals surface area (Å²) in [5.41, 5.74) is 3.22. The molecule has 1 heterocycles. The van der Waals surface area contributed by atoms with Gasteiger partial charge in [-0.1, -0.05) is 20.3 Å². The van der Waals surface area contributed by atoms with Gasteiger partial charge in [0.05, 0.1) is 0 Å². The summed E-state index contributed by atoms with van der Waals surface area (Å²) < 4.78 is 0. The smallest absolute Gasteiger partial charge is 0.0460 e. The van der Waals surface area contributed by atoms with Gasteiger partial charge in [-0.2, -0.15) is 0 Å². The van der Waals surface area contributed by atoms with Gasteiger partial charge in [0.1, 0.15) is 0 Å². The molecule has 0 amide bonds. The summed E-state index contributed by atoms with van der Waals surface area (Å²) in [6.45, 7) is 7.87. The molecule has 0 fully saturated rings. The zero-order valence-electron chi connectivity index (χ0n) is 7.67. The van der Waals surface area contributed by atoms with E-state index in [1.165, 1.54) is 6.42 Å². The molecule has 0 bridgehead atoms. The van der Waals surface area contributed by atoms with E-state index in [0.29, 0.717) is 6.04 Å². The summed E-state index contributed by atoms with van der Waals surface area (Å²) in [5, 5.41) is 2.27. The normalized spacial score (nSPS) is 27.0. The van der Waals surface area contributed by atoms with Gasteiger partial charge in [-0.05, 0) is 18.9 Å². The minimum Gasteiger partial charge on any atom is -0.326 e. The summed E-state index contributed by atoms with van der Waals surface area (Å²) in [6, 6.07) is 0.559. The molecular formula is C9H18N2. The van der Waals surface area contributed by atoms with Gasteiger partial charge < -0.3 is 5.43 Å². The molecule has 0 aromatic rings. The lowest BCUT2D eigenvalue weighted by Crippen LogP contribution is -2.38. The highest BCUT2D eigenvalue weighted by molar-refractivity contribution is 4.96. The lowest BCUT2D eigenvalue weighted by Gasteiger charge is -2.24. The van der Waals surface area contributed by atoms with Crippen LogP contribution < -0.4 is 5.43 Å². The third-order valence-electron chi connectivity index (χ3n) is 2.31. The highest BCUT2D eigenvalue weighted by atomic mass is 15.5. The van der Waals surface area contributed by atoms with Crippen LogP contribution in [0.15, 0.2) is 12.3 Å². The van der Waals surface area contributed by atoms with Gasteiger partial charge in [0, 0.05) is 18.8 Å². The molecule has 1 N–H and O–H groups in total. The summed E-state index contributed by atoms with van der Waals surface area (Å²) in [6.07, 6.45) is 5.46. The Bertz CT molecular complexity index is 142. The fourth-order valence-electron chi connectivity index (χ4n) is 1.18. The molecule has 0 spiro atoms. The summed E-state index contributed by atoms with van der Waals surface area (Å²) >= 11 is 0. The third kappa shape index (κ3) is 2.22. The van der Waals surface area contributed by atoms with Crippen molar-refractivity contribution >= 4 is 0 Å². The van der Waals surface area contributed by atoms with Gasteiger partial charge in [0.25, 0.3) is 0 Å². The van der Waals surface area contributed by atoms with Crippen LogP contribution in [0.5, 0.6) is 0 Å². The van der Waals surface area contributed by atoms with Crippen molar-refractivity contribution in [2.75, 3.05) is 6.54 Å². The molecule has 0 saturated heterocycles. The molecule has 0 radical (unpaired) electrons. The van der Waals surface area contributed by atoms with E-state index in [-0.39, 0.29) is 0 Å². The number of hydrogen-bond acceptors (Lipinski definition) is 2. The first-order valence-corrected chi connectivity index (χ1v) is 4.43. The Morgan fingerprint density at radius 1 is 1.64 bits per heavy atom. The molecule has 1 aliphatic rings. The Kier molecular flexibility index (Phi) is 2.94. The number of nitrogens with zero attached hydrogens (tertiary/aromatic N) is 1. The van der Waals surface area contributed by atoms with Crippen molar-refractivity contribution in [2.24, 2.45) is 5.92 Å². The summed E-state index contributed by atoms with van der Waals surface area (Å²) in [4.78, 5) is 0. The first kappa shape index (κ1) is 8.60. The number of rotatable bonds is 3. The SMILES string of the molecule is CCC(C)CN1NC=CC1C. The third-order valence-corrected chi connectivity index (χ3v) is 2.31. The lowest BCUT2D eigenvalue weighted by molar-refractivity contribution is 0.180. The van der Waals surface area contributed by atoms with E-state index in [2.05, 4.69) is 37.3 Å². The Labute approximate surface area is 69.2 Å². The van der Waals surface area contributed by atoms with Crippen molar-refractivity contribution in [1.82, 2.24) is 10.4 Å². The fourth-order valence-corrected chi connectivity index (χ4v) is 1.18. The molecule has 1 aliphatic heterocycles. The van der Waals surface area contributed by atoms with Crippen LogP contribution in [0, 0.1) is 5.92 Å². The van der Waals surface area contributed by atoms with E-state index < -0.39 is 0 Å². The summed E-state index contributed by atoms with van der Waals surface area (Å²) in [7, 11) is 0. The zero-order chi connectivity index (χ0) is 8.27. The van der Waals surface area contributed by atoms with Gasteiger partial charge >= 0.3 is 0 Å². The zero-order valence-corrected chi connectivity index (χ0v) is 7.67. The molecule has 0 aliphatic carbocycles. The second-order valence-electron chi connectivity index (χ2n) is 3.39. The van der Waals surface area contributed by atoms with Crippen LogP contribution in [0.2, 0.25) is 0 Å². The monoisotopic (exact) mass is 154 g/mol. The van der Waals surface area contributed by atoms with E-state index in [1.807, 2.05) is 6.20 Å². The van der Waals surface area contributed by atoms with Crippen molar-refractivity contribution in [3.05, 3.63) is 12.3 Å². The Hall–Kier alpha value is -0.500. The first-order valence-electron chi connectivity index (χ1n) is 4.43. The first-order chi connectivity index (χ1) is 5.24. The van der Waals surface area contributed by atoms with Crippen LogP contribution >= 0.6 is 0 Å². The van der Waals surface area contributed by atoms with Crippen molar-refractivity contribution in [1.29, 1.82) is 0 Å². The van der Waals surface area contributed by atoms with E-state index in [0.717, 1.165) is 12.5 Å². The minimum absolute atomic E-state index is 0.559. The highest BCUT2D eigenvalue weighted by Crippen LogP contribution is 2.09. The Morgan fingerprint density at radius 3 is 2.82 bits per heavy atom. The molecule has 1 rings (SSSR count). The van der Waals surface area contributed by atoms with Crippen LogP contribution in [0.3, 0.4) is 0 Å². The standard InChI is InChI=1S/C9H18N2/c1-4-8(2)7-11-9(3)5-6-10-11/h5-6,8-10H,4,7H2,1-3H3. The highest BCUT2D eigenvalue weighted by Gasteiger charge is 2.15. The fraction of sp³-hybridized carbons (Fsp3) is 0.778. The van der Waals surface area contributed by atoms with Gasteiger partial charge in [0.2, 0.25) is 0 Å². The molecule has 2 atom stereocenters. The van der Waals surface area contributed by atoms with Gasteiger partial charge in [-0.3, -0.25) is 0 Å². The van der Waals surface area contributed by atoms with Crippen LogP contribution in [-0.2, 0) is 0 Å². The molecule has 2 unspecified atom stereocenters. The largest absolute Gasteiger partial charge is 0.326 e. The molecule has 11 heavy (non-hydrogen) atoms.